The Morgan fingerprint density at radius 3 is 2.65 bits per heavy atom. The molecule has 0 fully saturated rings. The number of hydrogen-bond acceptors (Lipinski definition) is 3. The number of unbranched alkanes of at least 4 members (excludes halogenated alkanes) is 1. The van der Waals surface area contributed by atoms with Gasteiger partial charge in [-0.3, -0.25) is 0 Å². The summed E-state index contributed by atoms with van der Waals surface area (Å²) in [6.45, 7) is 2.74. The van der Waals surface area contributed by atoms with Gasteiger partial charge in [-0.1, -0.05) is 36.4 Å². The molecule has 3 N–H and O–H groups in total. The van der Waals surface area contributed by atoms with Gasteiger partial charge in [0.25, 0.3) is 0 Å². The van der Waals surface area contributed by atoms with Crippen LogP contribution in [0.3, 0.4) is 0 Å². The van der Waals surface area contributed by atoms with E-state index < -0.39 is 5.60 Å². The minimum atomic E-state index is -0.751. The molecule has 0 aliphatic carbocycles. The van der Waals surface area contributed by atoms with E-state index in [2.05, 4.69) is 18.2 Å². The average molecular weight is 273 g/mol. The Bertz CT molecular complexity index is 546. The van der Waals surface area contributed by atoms with Gasteiger partial charge in [0.2, 0.25) is 0 Å². The summed E-state index contributed by atoms with van der Waals surface area (Å²) in [5, 5.41) is 12.1. The van der Waals surface area contributed by atoms with E-state index in [0.29, 0.717) is 19.6 Å². The highest BCUT2D eigenvalue weighted by Gasteiger charge is 2.16. The average Bonchev–Trinajstić information content (AvgIpc) is 2.47. The zero-order valence-corrected chi connectivity index (χ0v) is 12.0. The van der Waals surface area contributed by atoms with Gasteiger partial charge in [0.05, 0.1) is 12.2 Å². The van der Waals surface area contributed by atoms with Crippen LogP contribution in [0.15, 0.2) is 42.5 Å². The van der Waals surface area contributed by atoms with Crippen molar-refractivity contribution in [2.24, 2.45) is 5.73 Å². The first-order valence-corrected chi connectivity index (χ1v) is 7.15. The second kappa shape index (κ2) is 6.73. The molecule has 3 heteroatoms. The van der Waals surface area contributed by atoms with Crippen LogP contribution in [-0.2, 0) is 0 Å². The van der Waals surface area contributed by atoms with Crippen molar-refractivity contribution < 1.29 is 9.84 Å². The monoisotopic (exact) mass is 273 g/mol. The van der Waals surface area contributed by atoms with Gasteiger partial charge >= 0.3 is 0 Å². The Balaban J connectivity index is 1.85. The Morgan fingerprint density at radius 2 is 1.85 bits per heavy atom. The van der Waals surface area contributed by atoms with E-state index in [1.54, 1.807) is 6.92 Å². The van der Waals surface area contributed by atoms with Crippen molar-refractivity contribution in [1.82, 2.24) is 0 Å². The Morgan fingerprint density at radius 1 is 1.10 bits per heavy atom. The molecule has 0 radical (unpaired) electrons. The fraction of sp³-hybridized carbons (Fsp3) is 0.412. The van der Waals surface area contributed by atoms with Crippen molar-refractivity contribution in [2.75, 3.05) is 13.2 Å². The zero-order chi connectivity index (χ0) is 14.4. The number of nitrogens with two attached hydrogens (primary N) is 1. The lowest BCUT2D eigenvalue weighted by atomic mass is 10.00. The van der Waals surface area contributed by atoms with E-state index in [1.807, 2.05) is 24.3 Å². The molecule has 108 valence electrons. The molecule has 1 unspecified atom stereocenters. The van der Waals surface area contributed by atoms with Crippen LogP contribution >= 0.6 is 0 Å². The van der Waals surface area contributed by atoms with Crippen molar-refractivity contribution >= 4 is 10.8 Å². The van der Waals surface area contributed by atoms with Crippen LogP contribution in [0, 0.1) is 0 Å². The third kappa shape index (κ3) is 3.95. The molecule has 0 saturated heterocycles. The lowest BCUT2D eigenvalue weighted by molar-refractivity contribution is 0.0562. The lowest BCUT2D eigenvalue weighted by Crippen LogP contribution is -2.33. The summed E-state index contributed by atoms with van der Waals surface area (Å²) in [6, 6.07) is 14.3. The van der Waals surface area contributed by atoms with Crippen LogP contribution in [0.1, 0.15) is 26.2 Å². The molecular formula is C17H23NO2. The van der Waals surface area contributed by atoms with Crippen molar-refractivity contribution in [3.63, 3.8) is 0 Å². The molecule has 0 saturated carbocycles. The second-order valence-electron chi connectivity index (χ2n) is 5.48. The first kappa shape index (κ1) is 14.8. The van der Waals surface area contributed by atoms with E-state index in [-0.39, 0.29) is 0 Å². The number of aliphatic hydroxyl groups is 1. The summed E-state index contributed by atoms with van der Waals surface area (Å²) >= 11 is 0. The van der Waals surface area contributed by atoms with Gasteiger partial charge in [-0.25, -0.2) is 0 Å². The molecule has 0 amide bonds. The molecule has 0 aromatic heterocycles. The Labute approximate surface area is 120 Å². The summed E-state index contributed by atoms with van der Waals surface area (Å²) in [5.41, 5.74) is 4.74. The summed E-state index contributed by atoms with van der Waals surface area (Å²) in [7, 11) is 0. The molecule has 0 aliphatic heterocycles. The quantitative estimate of drug-likeness (QED) is 0.762. The summed E-state index contributed by atoms with van der Waals surface area (Å²) < 4.78 is 5.85. The van der Waals surface area contributed by atoms with E-state index in [0.717, 1.165) is 24.0 Å². The standard InChI is InChI=1S/C17H23NO2/c1-17(19,13-18)11-4-5-12-20-16-10-6-8-14-7-2-3-9-15(14)16/h2-3,6-10,19H,4-5,11-13,18H2,1H3. The summed E-state index contributed by atoms with van der Waals surface area (Å²) in [5.74, 6) is 0.925. The number of fused-ring (bicyclic) bond motifs is 1. The highest BCUT2D eigenvalue weighted by molar-refractivity contribution is 5.88. The maximum Gasteiger partial charge on any atom is 0.127 e. The van der Waals surface area contributed by atoms with Crippen LogP contribution < -0.4 is 10.5 Å². The third-order valence-corrected chi connectivity index (χ3v) is 3.56. The highest BCUT2D eigenvalue weighted by Crippen LogP contribution is 2.25. The molecule has 3 nitrogen and oxygen atoms in total. The molecule has 20 heavy (non-hydrogen) atoms. The lowest BCUT2D eigenvalue weighted by Gasteiger charge is -2.20. The SMILES string of the molecule is CC(O)(CN)CCCCOc1cccc2ccccc12. The van der Waals surface area contributed by atoms with Gasteiger partial charge in [0, 0.05) is 11.9 Å². The fourth-order valence-corrected chi connectivity index (χ4v) is 2.21. The van der Waals surface area contributed by atoms with Crippen LogP contribution in [-0.4, -0.2) is 23.9 Å². The van der Waals surface area contributed by atoms with Gasteiger partial charge in [0.1, 0.15) is 5.75 Å². The molecule has 0 spiro atoms. The molecule has 2 aromatic rings. The topological polar surface area (TPSA) is 55.5 Å². The normalized spacial score (nSPS) is 14.2. The van der Waals surface area contributed by atoms with Gasteiger partial charge < -0.3 is 15.6 Å². The van der Waals surface area contributed by atoms with Gasteiger partial charge in [-0.05, 0) is 37.6 Å². The van der Waals surface area contributed by atoms with E-state index >= 15 is 0 Å². The number of benzene rings is 2. The Kier molecular flexibility index (Phi) is 4.99. The molecule has 0 aliphatic rings. The third-order valence-electron chi connectivity index (χ3n) is 3.56. The molecule has 2 rings (SSSR count). The van der Waals surface area contributed by atoms with Crippen LogP contribution in [0.2, 0.25) is 0 Å². The maximum atomic E-state index is 9.82. The maximum absolute atomic E-state index is 9.82. The van der Waals surface area contributed by atoms with E-state index in [9.17, 15) is 5.11 Å². The molecule has 2 aromatic carbocycles. The second-order valence-corrected chi connectivity index (χ2v) is 5.48. The fourth-order valence-electron chi connectivity index (χ4n) is 2.21. The largest absolute Gasteiger partial charge is 0.493 e. The minimum Gasteiger partial charge on any atom is -0.493 e. The molecule has 1 atom stereocenters. The zero-order valence-electron chi connectivity index (χ0n) is 12.0. The molecule has 0 heterocycles. The van der Waals surface area contributed by atoms with Crippen molar-refractivity contribution in [2.45, 2.75) is 31.8 Å². The molecule has 0 bridgehead atoms. The van der Waals surface area contributed by atoms with Crippen molar-refractivity contribution in [1.29, 1.82) is 0 Å². The summed E-state index contributed by atoms with van der Waals surface area (Å²) in [6.07, 6.45) is 2.54. The van der Waals surface area contributed by atoms with Gasteiger partial charge in [0.15, 0.2) is 0 Å². The van der Waals surface area contributed by atoms with E-state index in [4.69, 9.17) is 10.5 Å². The Hall–Kier alpha value is -1.58. The predicted octanol–water partition coefficient (Wildman–Crippen LogP) is 3.10. The van der Waals surface area contributed by atoms with E-state index in [1.165, 1.54) is 5.39 Å². The van der Waals surface area contributed by atoms with Crippen LogP contribution in [0.25, 0.3) is 10.8 Å². The number of hydrogen-bond donors (Lipinski definition) is 2. The molecular weight excluding hydrogens is 250 g/mol. The van der Waals surface area contributed by atoms with Gasteiger partial charge in [-0.15, -0.1) is 0 Å². The first-order chi connectivity index (χ1) is 9.62. The smallest absolute Gasteiger partial charge is 0.127 e. The van der Waals surface area contributed by atoms with Crippen molar-refractivity contribution in [3.05, 3.63) is 42.5 Å². The highest BCUT2D eigenvalue weighted by atomic mass is 16.5. The number of rotatable bonds is 7. The first-order valence-electron chi connectivity index (χ1n) is 7.15. The van der Waals surface area contributed by atoms with Crippen molar-refractivity contribution in [3.8, 4) is 5.75 Å². The van der Waals surface area contributed by atoms with Gasteiger partial charge in [-0.2, -0.15) is 0 Å². The van der Waals surface area contributed by atoms with Crippen LogP contribution in [0.5, 0.6) is 5.75 Å². The number of ether oxygens (including phenoxy) is 1. The minimum absolute atomic E-state index is 0.303. The predicted molar refractivity (Wildman–Crippen MR) is 83.0 cm³/mol. The van der Waals surface area contributed by atoms with Crippen LogP contribution in [0.4, 0.5) is 0 Å². The summed E-state index contributed by atoms with van der Waals surface area (Å²) in [4.78, 5) is 0.